The lowest BCUT2D eigenvalue weighted by Gasteiger charge is -2.15. The van der Waals surface area contributed by atoms with E-state index in [0.29, 0.717) is 16.8 Å². The average Bonchev–Trinajstić information content (AvgIpc) is 2.72. The van der Waals surface area contributed by atoms with Gasteiger partial charge in [0.15, 0.2) is 10.9 Å². The lowest BCUT2D eigenvalue weighted by atomic mass is 9.97. The number of nitrogens with two attached hydrogens (primary N) is 1. The van der Waals surface area contributed by atoms with Crippen LogP contribution < -0.4 is 5.73 Å². The van der Waals surface area contributed by atoms with Crippen molar-refractivity contribution in [3.63, 3.8) is 0 Å². The van der Waals surface area contributed by atoms with Crippen LogP contribution in [0.3, 0.4) is 0 Å². The molecule has 2 N–H and O–H groups in total. The van der Waals surface area contributed by atoms with Crippen molar-refractivity contribution in [2.75, 3.05) is 7.05 Å². The molecule has 0 amide bonds. The van der Waals surface area contributed by atoms with Crippen molar-refractivity contribution in [1.82, 2.24) is 5.01 Å². The van der Waals surface area contributed by atoms with Crippen LogP contribution in [0.25, 0.3) is 0 Å². The van der Waals surface area contributed by atoms with Gasteiger partial charge in [-0.25, -0.2) is 5.01 Å². The maximum atomic E-state index is 12.8. The minimum Gasteiger partial charge on any atom is -0.375 e. The molecule has 3 aromatic carbocycles. The third kappa shape index (κ3) is 4.46. The van der Waals surface area contributed by atoms with E-state index in [2.05, 4.69) is 5.10 Å². The summed E-state index contributed by atoms with van der Waals surface area (Å²) in [4.78, 5) is 12.8. The van der Waals surface area contributed by atoms with Crippen molar-refractivity contribution in [3.8, 4) is 0 Å². The fourth-order valence-corrected chi connectivity index (χ4v) is 2.68. The number of carbonyl (C=O) groups is 1. The van der Waals surface area contributed by atoms with Crippen molar-refractivity contribution >= 4 is 28.8 Å². The van der Waals surface area contributed by atoms with Crippen molar-refractivity contribution < 1.29 is 4.79 Å². The minimum absolute atomic E-state index is 0.0347. The number of hydrazone groups is 1. The molecule has 0 unspecified atom stereocenters. The monoisotopic (exact) mass is 373 g/mol. The second-order valence-electron chi connectivity index (χ2n) is 5.95. The van der Waals surface area contributed by atoms with Gasteiger partial charge >= 0.3 is 0 Å². The summed E-state index contributed by atoms with van der Waals surface area (Å²) in [5.41, 5.74) is 9.34. The highest BCUT2D eigenvalue weighted by atomic mass is 32.1. The van der Waals surface area contributed by atoms with Gasteiger partial charge < -0.3 is 5.73 Å². The van der Waals surface area contributed by atoms with Gasteiger partial charge in [-0.1, -0.05) is 78.9 Å². The Balaban J connectivity index is 2.06. The molecule has 134 valence electrons. The zero-order valence-corrected chi connectivity index (χ0v) is 15.7. The molecule has 3 rings (SSSR count). The second kappa shape index (κ2) is 8.38. The van der Waals surface area contributed by atoms with Crippen LogP contribution in [0.4, 0.5) is 0 Å². The van der Waals surface area contributed by atoms with E-state index in [0.717, 1.165) is 11.1 Å². The summed E-state index contributed by atoms with van der Waals surface area (Å²) >= 11 is 5.01. The molecule has 0 saturated heterocycles. The zero-order chi connectivity index (χ0) is 19.2. The van der Waals surface area contributed by atoms with Gasteiger partial charge in [-0.2, -0.15) is 5.10 Å². The first-order valence-electron chi connectivity index (χ1n) is 8.43. The first kappa shape index (κ1) is 18.5. The van der Waals surface area contributed by atoms with Crippen LogP contribution in [0, 0.1) is 0 Å². The molecule has 0 aliphatic carbocycles. The van der Waals surface area contributed by atoms with Gasteiger partial charge in [-0.3, -0.25) is 4.79 Å². The Morgan fingerprint density at radius 3 is 1.93 bits per heavy atom. The standard InChI is InChI=1S/C22H19N3OS/c1-25(22(23)27)24-20(16-9-4-2-5-10-16)18-13-8-14-19(15-18)21(26)17-11-6-3-7-12-17/h2-15H,1H3,(H2,23,27)/b24-20+. The molecule has 0 radical (unpaired) electrons. The molecule has 0 heterocycles. The van der Waals surface area contributed by atoms with Crippen LogP contribution in [0.15, 0.2) is 90.0 Å². The first-order chi connectivity index (χ1) is 13.1. The number of hydrogen-bond acceptors (Lipinski definition) is 3. The summed E-state index contributed by atoms with van der Waals surface area (Å²) in [6.07, 6.45) is 0. The second-order valence-corrected chi connectivity index (χ2v) is 6.37. The Morgan fingerprint density at radius 1 is 0.815 bits per heavy atom. The zero-order valence-electron chi connectivity index (χ0n) is 14.9. The van der Waals surface area contributed by atoms with Crippen LogP contribution >= 0.6 is 12.2 Å². The molecule has 0 aliphatic rings. The van der Waals surface area contributed by atoms with Crippen LogP contribution in [0.1, 0.15) is 27.0 Å². The SMILES string of the molecule is CN(/N=C(\c1ccccc1)c1cccc(C(=O)c2ccccc2)c1)C(N)=S. The number of benzene rings is 3. The Hall–Kier alpha value is -3.31. The highest BCUT2D eigenvalue weighted by Crippen LogP contribution is 2.16. The Bertz CT molecular complexity index is 985. The number of carbonyl (C=O) groups excluding carboxylic acids is 1. The fraction of sp³-hybridized carbons (Fsp3) is 0.0455. The molecule has 0 saturated carbocycles. The van der Waals surface area contributed by atoms with E-state index < -0.39 is 0 Å². The molecule has 4 nitrogen and oxygen atoms in total. The third-order valence-electron chi connectivity index (χ3n) is 4.05. The molecule has 5 heteroatoms. The predicted octanol–water partition coefficient (Wildman–Crippen LogP) is 3.85. The summed E-state index contributed by atoms with van der Waals surface area (Å²) < 4.78 is 0. The Labute approximate surface area is 163 Å². The van der Waals surface area contributed by atoms with Crippen molar-refractivity contribution in [1.29, 1.82) is 0 Å². The topological polar surface area (TPSA) is 58.7 Å². The van der Waals surface area contributed by atoms with Gasteiger partial charge in [0.25, 0.3) is 0 Å². The summed E-state index contributed by atoms with van der Waals surface area (Å²) in [6.45, 7) is 0. The Kier molecular flexibility index (Phi) is 5.74. The highest BCUT2D eigenvalue weighted by molar-refractivity contribution is 7.80. The molecule has 0 aliphatic heterocycles. The number of nitrogens with zero attached hydrogens (tertiary/aromatic N) is 2. The predicted molar refractivity (Wildman–Crippen MR) is 113 cm³/mol. The number of rotatable bonds is 5. The minimum atomic E-state index is -0.0347. The summed E-state index contributed by atoms with van der Waals surface area (Å²) in [5, 5.41) is 6.18. The molecule has 3 aromatic rings. The average molecular weight is 373 g/mol. The van der Waals surface area contributed by atoms with E-state index in [1.54, 1.807) is 13.1 Å². The molecule has 0 bridgehead atoms. The van der Waals surface area contributed by atoms with Gasteiger partial charge in [0, 0.05) is 29.3 Å². The lowest BCUT2D eigenvalue weighted by Crippen LogP contribution is -2.28. The molecule has 0 atom stereocenters. The number of hydrogen-bond donors (Lipinski definition) is 1. The largest absolute Gasteiger partial charge is 0.375 e. The van der Waals surface area contributed by atoms with Crippen molar-refractivity contribution in [2.24, 2.45) is 10.8 Å². The quantitative estimate of drug-likeness (QED) is 0.319. The van der Waals surface area contributed by atoms with Gasteiger partial charge in [0.2, 0.25) is 0 Å². The summed E-state index contributed by atoms with van der Waals surface area (Å²) in [5.74, 6) is -0.0347. The smallest absolute Gasteiger partial charge is 0.193 e. The lowest BCUT2D eigenvalue weighted by molar-refractivity contribution is 0.103. The molecule has 0 aromatic heterocycles. The van der Waals surface area contributed by atoms with Gasteiger partial charge in [0.1, 0.15) is 0 Å². The van der Waals surface area contributed by atoms with Crippen molar-refractivity contribution in [3.05, 3.63) is 107 Å². The maximum absolute atomic E-state index is 12.8. The van der Waals surface area contributed by atoms with Crippen molar-refractivity contribution in [2.45, 2.75) is 0 Å². The number of ketones is 1. The van der Waals surface area contributed by atoms with Gasteiger partial charge in [-0.05, 0) is 18.3 Å². The highest BCUT2D eigenvalue weighted by Gasteiger charge is 2.13. The normalized spacial score (nSPS) is 11.1. The Morgan fingerprint density at radius 2 is 1.33 bits per heavy atom. The van der Waals surface area contributed by atoms with E-state index in [-0.39, 0.29) is 10.9 Å². The van der Waals surface area contributed by atoms with Gasteiger partial charge in [-0.15, -0.1) is 0 Å². The molecule has 0 fully saturated rings. The molecule has 0 spiro atoms. The molecular formula is C22H19N3OS. The van der Waals surface area contributed by atoms with E-state index in [1.807, 2.05) is 78.9 Å². The van der Waals surface area contributed by atoms with E-state index in [4.69, 9.17) is 18.0 Å². The van der Waals surface area contributed by atoms with Crippen LogP contribution in [-0.2, 0) is 0 Å². The molecule has 27 heavy (non-hydrogen) atoms. The number of thiocarbonyl (C=S) groups is 1. The van der Waals surface area contributed by atoms with Crippen LogP contribution in [-0.4, -0.2) is 28.7 Å². The van der Waals surface area contributed by atoms with Crippen LogP contribution in [0.2, 0.25) is 0 Å². The summed E-state index contributed by atoms with van der Waals surface area (Å²) in [7, 11) is 1.70. The van der Waals surface area contributed by atoms with E-state index in [9.17, 15) is 4.79 Å². The third-order valence-corrected chi connectivity index (χ3v) is 4.31. The van der Waals surface area contributed by atoms with Crippen LogP contribution in [0.5, 0.6) is 0 Å². The first-order valence-corrected chi connectivity index (χ1v) is 8.84. The molecular weight excluding hydrogens is 354 g/mol. The maximum Gasteiger partial charge on any atom is 0.193 e. The van der Waals surface area contributed by atoms with E-state index in [1.165, 1.54) is 5.01 Å². The van der Waals surface area contributed by atoms with Gasteiger partial charge in [0.05, 0.1) is 5.71 Å². The fourth-order valence-electron chi connectivity index (χ4n) is 2.64. The van der Waals surface area contributed by atoms with E-state index >= 15 is 0 Å². The summed E-state index contributed by atoms with van der Waals surface area (Å²) in [6, 6.07) is 26.3.